The zero-order valence-electron chi connectivity index (χ0n) is 15.3. The molecule has 1 fully saturated rings. The minimum absolute atomic E-state index is 0.167. The van der Waals surface area contributed by atoms with Crippen LogP contribution in [0.15, 0.2) is 30.3 Å². The first-order valence-corrected chi connectivity index (χ1v) is 8.88. The van der Waals surface area contributed by atoms with Gasteiger partial charge in [-0.25, -0.2) is 4.79 Å². The van der Waals surface area contributed by atoms with Gasteiger partial charge in [-0.2, -0.15) is 0 Å². The lowest BCUT2D eigenvalue weighted by Crippen LogP contribution is -2.56. The number of hydrogen-bond donors (Lipinski definition) is 2. The maximum Gasteiger partial charge on any atom is 0.317 e. The molecule has 1 aromatic carbocycles. The number of nitrogens with two attached hydrogens (primary N) is 1. The van der Waals surface area contributed by atoms with E-state index >= 15 is 0 Å². The largest absolute Gasteiger partial charge is 0.367 e. The molecule has 6 nitrogen and oxygen atoms in total. The van der Waals surface area contributed by atoms with Crippen LogP contribution in [0.25, 0.3) is 0 Å². The fraction of sp³-hybridized carbons (Fsp3) is 0.579. The van der Waals surface area contributed by atoms with Gasteiger partial charge < -0.3 is 20.7 Å². The van der Waals surface area contributed by atoms with Crippen LogP contribution >= 0.6 is 0 Å². The molecule has 1 aliphatic rings. The summed E-state index contributed by atoms with van der Waals surface area (Å²) in [5, 5.41) is 3.01. The van der Waals surface area contributed by atoms with Crippen LogP contribution < -0.4 is 11.1 Å². The number of morpholine rings is 1. The van der Waals surface area contributed by atoms with Gasteiger partial charge in [0.25, 0.3) is 0 Å². The molecule has 0 bridgehead atoms. The number of benzene rings is 1. The third-order valence-electron chi connectivity index (χ3n) is 4.66. The molecule has 0 aliphatic carbocycles. The zero-order chi connectivity index (χ0) is 18.4. The van der Waals surface area contributed by atoms with Gasteiger partial charge in [0, 0.05) is 13.1 Å². The van der Waals surface area contributed by atoms with Gasteiger partial charge in [-0.05, 0) is 30.7 Å². The Hall–Kier alpha value is -2.08. The number of rotatable bonds is 6. The Labute approximate surface area is 149 Å². The van der Waals surface area contributed by atoms with Crippen LogP contribution in [0.5, 0.6) is 0 Å². The molecule has 1 saturated heterocycles. The number of primary amides is 1. The quantitative estimate of drug-likeness (QED) is 0.823. The highest BCUT2D eigenvalue weighted by Gasteiger charge is 2.31. The van der Waals surface area contributed by atoms with Crippen molar-refractivity contribution in [3.8, 4) is 0 Å². The number of carbonyl (C=O) groups is 2. The second-order valence-electron chi connectivity index (χ2n) is 7.12. The monoisotopic (exact) mass is 347 g/mol. The van der Waals surface area contributed by atoms with Crippen LogP contribution in [-0.2, 0) is 16.0 Å². The first kappa shape index (κ1) is 19.2. The highest BCUT2D eigenvalue weighted by Crippen LogP contribution is 2.17. The molecule has 0 spiro atoms. The molecular weight excluding hydrogens is 318 g/mol. The Kier molecular flexibility index (Phi) is 6.82. The van der Waals surface area contributed by atoms with Crippen LogP contribution in [0.2, 0.25) is 0 Å². The van der Waals surface area contributed by atoms with Gasteiger partial charge in [-0.3, -0.25) is 4.79 Å². The summed E-state index contributed by atoms with van der Waals surface area (Å²) in [7, 11) is 0. The van der Waals surface area contributed by atoms with E-state index in [0.29, 0.717) is 24.9 Å². The molecule has 3 atom stereocenters. The Balaban J connectivity index is 1.91. The molecule has 3 amide bonds. The standard InChI is InChI=1S/C19H29N3O3/c1-13(2)16(9-15-7-5-4-6-8-15)10-21-19(24)22-11-14(3)25-17(12-22)18(20)23/h4-8,13-14,16-17H,9-12H2,1-3H3,(H2,20,23)(H,21,24)/t14-,16-,17+/m1/s1. The number of carbonyl (C=O) groups excluding carboxylic acids is 2. The minimum atomic E-state index is -0.736. The SMILES string of the molecule is CC(C)[C@@H](CNC(=O)N1C[C@@H](C)O[C@H](C(N)=O)C1)Cc1ccccc1. The molecule has 2 rings (SSSR count). The molecule has 1 aromatic rings. The average molecular weight is 347 g/mol. The lowest BCUT2D eigenvalue weighted by molar-refractivity contribution is -0.139. The molecule has 0 aromatic heterocycles. The fourth-order valence-corrected chi connectivity index (χ4v) is 3.07. The van der Waals surface area contributed by atoms with E-state index in [4.69, 9.17) is 10.5 Å². The van der Waals surface area contributed by atoms with Gasteiger partial charge in [0.15, 0.2) is 6.10 Å². The van der Waals surface area contributed by atoms with Gasteiger partial charge in [-0.1, -0.05) is 44.2 Å². The Bertz CT molecular complexity index is 577. The summed E-state index contributed by atoms with van der Waals surface area (Å²) >= 11 is 0. The third-order valence-corrected chi connectivity index (χ3v) is 4.66. The molecular formula is C19H29N3O3. The van der Waals surface area contributed by atoms with Crippen LogP contribution in [0.3, 0.4) is 0 Å². The normalized spacial score (nSPS) is 21.8. The highest BCUT2D eigenvalue weighted by molar-refractivity contribution is 5.81. The second kappa shape index (κ2) is 8.85. The van der Waals surface area contributed by atoms with Crippen molar-refractivity contribution in [1.82, 2.24) is 10.2 Å². The maximum atomic E-state index is 12.5. The van der Waals surface area contributed by atoms with Crippen molar-refractivity contribution in [3.05, 3.63) is 35.9 Å². The Morgan fingerprint density at radius 3 is 2.56 bits per heavy atom. The van der Waals surface area contributed by atoms with E-state index in [1.165, 1.54) is 5.56 Å². The lowest BCUT2D eigenvalue weighted by atomic mass is 9.89. The fourth-order valence-electron chi connectivity index (χ4n) is 3.07. The van der Waals surface area contributed by atoms with Gasteiger partial charge in [0.1, 0.15) is 0 Å². The van der Waals surface area contributed by atoms with E-state index in [1.54, 1.807) is 4.90 Å². The number of urea groups is 1. The summed E-state index contributed by atoms with van der Waals surface area (Å²) in [5.41, 5.74) is 6.59. The smallest absolute Gasteiger partial charge is 0.317 e. The molecule has 0 unspecified atom stereocenters. The first-order valence-electron chi connectivity index (χ1n) is 8.88. The van der Waals surface area contributed by atoms with Crippen molar-refractivity contribution in [3.63, 3.8) is 0 Å². The Morgan fingerprint density at radius 2 is 1.96 bits per heavy atom. The van der Waals surface area contributed by atoms with Gasteiger partial charge >= 0.3 is 6.03 Å². The van der Waals surface area contributed by atoms with E-state index in [2.05, 4.69) is 31.3 Å². The summed E-state index contributed by atoms with van der Waals surface area (Å²) in [5.74, 6) is 0.257. The number of amides is 3. The molecule has 1 aliphatic heterocycles. The number of nitrogens with one attached hydrogen (secondary N) is 1. The number of nitrogens with zero attached hydrogens (tertiary/aromatic N) is 1. The summed E-state index contributed by atoms with van der Waals surface area (Å²) < 4.78 is 5.47. The third kappa shape index (κ3) is 5.74. The summed E-state index contributed by atoms with van der Waals surface area (Å²) in [6.45, 7) is 7.43. The predicted octanol–water partition coefficient (Wildman–Crippen LogP) is 1.79. The van der Waals surface area contributed by atoms with Crippen LogP contribution in [0.4, 0.5) is 4.79 Å². The van der Waals surface area contributed by atoms with E-state index < -0.39 is 12.0 Å². The van der Waals surface area contributed by atoms with E-state index in [0.717, 1.165) is 6.42 Å². The number of ether oxygens (including phenoxy) is 1. The van der Waals surface area contributed by atoms with Gasteiger partial charge in [0.2, 0.25) is 5.91 Å². The zero-order valence-corrected chi connectivity index (χ0v) is 15.3. The lowest BCUT2D eigenvalue weighted by Gasteiger charge is -2.35. The van der Waals surface area contributed by atoms with Crippen LogP contribution in [0.1, 0.15) is 26.3 Å². The summed E-state index contributed by atoms with van der Waals surface area (Å²) in [4.78, 5) is 25.5. The topological polar surface area (TPSA) is 84.7 Å². The van der Waals surface area contributed by atoms with Crippen molar-refractivity contribution in [2.45, 2.75) is 39.4 Å². The van der Waals surface area contributed by atoms with Crippen molar-refractivity contribution < 1.29 is 14.3 Å². The van der Waals surface area contributed by atoms with Crippen molar-refractivity contribution in [2.24, 2.45) is 17.6 Å². The summed E-state index contributed by atoms with van der Waals surface area (Å²) in [6, 6.07) is 10.1. The minimum Gasteiger partial charge on any atom is -0.367 e. The molecule has 25 heavy (non-hydrogen) atoms. The molecule has 138 valence electrons. The molecule has 0 radical (unpaired) electrons. The van der Waals surface area contributed by atoms with Crippen LogP contribution in [-0.4, -0.2) is 48.7 Å². The Morgan fingerprint density at radius 1 is 1.28 bits per heavy atom. The second-order valence-corrected chi connectivity index (χ2v) is 7.12. The molecule has 6 heteroatoms. The maximum absolute atomic E-state index is 12.5. The van der Waals surface area contributed by atoms with Crippen molar-refractivity contribution in [1.29, 1.82) is 0 Å². The molecule has 3 N–H and O–H groups in total. The molecule has 0 saturated carbocycles. The van der Waals surface area contributed by atoms with Crippen molar-refractivity contribution >= 4 is 11.9 Å². The first-order chi connectivity index (χ1) is 11.9. The summed E-state index contributed by atoms with van der Waals surface area (Å²) in [6.07, 6.45) is -0.0238. The van der Waals surface area contributed by atoms with Gasteiger partial charge in [-0.15, -0.1) is 0 Å². The van der Waals surface area contributed by atoms with Crippen molar-refractivity contribution in [2.75, 3.05) is 19.6 Å². The number of hydrogen-bond acceptors (Lipinski definition) is 3. The van der Waals surface area contributed by atoms with Crippen LogP contribution in [0, 0.1) is 11.8 Å². The molecule has 1 heterocycles. The van der Waals surface area contributed by atoms with E-state index in [-0.39, 0.29) is 18.7 Å². The highest BCUT2D eigenvalue weighted by atomic mass is 16.5. The van der Waals surface area contributed by atoms with E-state index in [1.807, 2.05) is 25.1 Å². The predicted molar refractivity (Wildman–Crippen MR) is 97.0 cm³/mol. The van der Waals surface area contributed by atoms with Gasteiger partial charge in [0.05, 0.1) is 12.6 Å². The average Bonchev–Trinajstić information content (AvgIpc) is 2.58. The van der Waals surface area contributed by atoms with E-state index in [9.17, 15) is 9.59 Å².